The standard InChI is InChI=1S/C25H26N8O4S3/c1-5-38-25-31-29-23(40-25)27-21(34)13-39-24-30-28-20(32(24)18-10-14(2)6-7-15(18)3)12-26-22(35)17-9-8-16(4)19(11-17)33(36)37/h6-11H,5,12-13H2,1-4H3,(H,26,35)(H,27,29,34). The van der Waals surface area contributed by atoms with Gasteiger partial charge in [0.1, 0.15) is 0 Å². The maximum absolute atomic E-state index is 12.9. The quantitative estimate of drug-likeness (QED) is 0.107. The van der Waals surface area contributed by atoms with Crippen molar-refractivity contribution < 1.29 is 14.5 Å². The molecule has 2 heterocycles. The van der Waals surface area contributed by atoms with Gasteiger partial charge in [-0.15, -0.1) is 20.4 Å². The van der Waals surface area contributed by atoms with E-state index in [1.807, 2.05) is 39.0 Å². The maximum atomic E-state index is 12.9. The Bertz CT molecular complexity index is 1570. The lowest BCUT2D eigenvalue weighted by atomic mass is 10.1. The molecule has 4 rings (SSSR count). The number of amides is 2. The van der Waals surface area contributed by atoms with E-state index in [4.69, 9.17) is 0 Å². The number of nitrogens with one attached hydrogen (secondary N) is 2. The zero-order chi connectivity index (χ0) is 28.8. The van der Waals surface area contributed by atoms with Crippen LogP contribution in [0.15, 0.2) is 45.9 Å². The minimum absolute atomic E-state index is 0.0102. The molecule has 2 amide bonds. The highest BCUT2D eigenvalue weighted by molar-refractivity contribution is 8.01. The first kappa shape index (κ1) is 29.2. The van der Waals surface area contributed by atoms with Gasteiger partial charge in [0.2, 0.25) is 11.0 Å². The monoisotopic (exact) mass is 598 g/mol. The van der Waals surface area contributed by atoms with Crippen molar-refractivity contribution in [3.05, 3.63) is 74.6 Å². The third kappa shape index (κ3) is 7.03. The number of hydrogen-bond donors (Lipinski definition) is 2. The largest absolute Gasteiger partial charge is 0.345 e. The highest BCUT2D eigenvalue weighted by atomic mass is 32.2. The Morgan fingerprint density at radius 1 is 1.02 bits per heavy atom. The van der Waals surface area contributed by atoms with E-state index in [1.54, 1.807) is 23.3 Å². The van der Waals surface area contributed by atoms with Crippen LogP contribution >= 0.6 is 34.9 Å². The van der Waals surface area contributed by atoms with Gasteiger partial charge in [-0.3, -0.25) is 29.6 Å². The van der Waals surface area contributed by atoms with Crippen molar-refractivity contribution in [3.8, 4) is 5.69 Å². The normalized spacial score (nSPS) is 10.9. The second-order valence-corrected chi connectivity index (χ2v) is 12.0. The lowest BCUT2D eigenvalue weighted by Crippen LogP contribution is -2.25. The summed E-state index contributed by atoms with van der Waals surface area (Å²) in [5.41, 5.74) is 3.28. The van der Waals surface area contributed by atoms with Crippen LogP contribution in [-0.2, 0) is 11.3 Å². The maximum Gasteiger partial charge on any atom is 0.273 e. The first-order chi connectivity index (χ1) is 19.2. The van der Waals surface area contributed by atoms with Crippen LogP contribution in [0.2, 0.25) is 0 Å². The van der Waals surface area contributed by atoms with E-state index in [2.05, 4.69) is 31.0 Å². The van der Waals surface area contributed by atoms with Crippen LogP contribution in [0.5, 0.6) is 0 Å². The van der Waals surface area contributed by atoms with E-state index in [0.717, 1.165) is 26.9 Å². The number of nitrogens with zero attached hydrogens (tertiary/aromatic N) is 6. The Balaban J connectivity index is 1.53. The Morgan fingerprint density at radius 2 is 1.80 bits per heavy atom. The van der Waals surface area contributed by atoms with Crippen LogP contribution in [-0.4, -0.2) is 53.2 Å². The lowest BCUT2D eigenvalue weighted by Gasteiger charge is -2.14. The van der Waals surface area contributed by atoms with Gasteiger partial charge in [0.25, 0.3) is 11.6 Å². The van der Waals surface area contributed by atoms with E-state index >= 15 is 0 Å². The highest BCUT2D eigenvalue weighted by Gasteiger charge is 2.20. The number of aryl methyl sites for hydroxylation is 3. The molecule has 15 heteroatoms. The van der Waals surface area contributed by atoms with Gasteiger partial charge >= 0.3 is 0 Å². The summed E-state index contributed by atoms with van der Waals surface area (Å²) in [7, 11) is 0. The summed E-state index contributed by atoms with van der Waals surface area (Å²) in [4.78, 5) is 36.3. The SMILES string of the molecule is CCSc1nnc(NC(=O)CSc2nnc(CNC(=O)c3ccc(C)c([N+](=O)[O-])c3)n2-c2cc(C)ccc2C)s1. The third-order valence-electron chi connectivity index (χ3n) is 5.63. The van der Waals surface area contributed by atoms with Gasteiger partial charge in [0.05, 0.1) is 22.9 Å². The van der Waals surface area contributed by atoms with Crippen molar-refractivity contribution in [2.24, 2.45) is 0 Å². The Morgan fingerprint density at radius 3 is 2.55 bits per heavy atom. The Hall–Kier alpha value is -3.82. The minimum Gasteiger partial charge on any atom is -0.345 e. The van der Waals surface area contributed by atoms with Crippen molar-refractivity contribution in [2.45, 2.75) is 43.7 Å². The van der Waals surface area contributed by atoms with Crippen molar-refractivity contribution in [2.75, 3.05) is 16.8 Å². The summed E-state index contributed by atoms with van der Waals surface area (Å²) >= 11 is 4.07. The summed E-state index contributed by atoms with van der Waals surface area (Å²) in [5, 5.41) is 34.4. The molecule has 0 aliphatic carbocycles. The zero-order valence-electron chi connectivity index (χ0n) is 22.1. The van der Waals surface area contributed by atoms with Crippen LogP contribution in [0.1, 0.15) is 39.8 Å². The molecule has 0 bridgehead atoms. The summed E-state index contributed by atoms with van der Waals surface area (Å²) in [5.74, 6) is 0.612. The molecule has 0 fully saturated rings. The molecule has 4 aromatic rings. The fourth-order valence-electron chi connectivity index (χ4n) is 3.65. The third-order valence-corrected chi connectivity index (χ3v) is 8.42. The van der Waals surface area contributed by atoms with Crippen molar-refractivity contribution in [3.63, 3.8) is 0 Å². The van der Waals surface area contributed by atoms with Gasteiger partial charge in [-0.25, -0.2) is 0 Å². The van der Waals surface area contributed by atoms with E-state index in [9.17, 15) is 19.7 Å². The summed E-state index contributed by atoms with van der Waals surface area (Å²) in [6, 6.07) is 10.3. The van der Waals surface area contributed by atoms with Crippen LogP contribution < -0.4 is 10.6 Å². The molecule has 0 radical (unpaired) electrons. The molecule has 0 unspecified atom stereocenters. The molecule has 0 atom stereocenters. The van der Waals surface area contributed by atoms with Crippen LogP contribution in [0, 0.1) is 30.9 Å². The second-order valence-electron chi connectivity index (χ2n) is 8.61. The number of nitro benzene ring substituents is 1. The number of carbonyl (C=O) groups excluding carboxylic acids is 2. The first-order valence-electron chi connectivity index (χ1n) is 12.1. The van der Waals surface area contributed by atoms with E-state index in [1.165, 1.54) is 41.3 Å². The molecular formula is C25H26N8O4S3. The number of aromatic nitrogens is 5. The molecule has 2 aromatic heterocycles. The molecule has 0 spiro atoms. The summed E-state index contributed by atoms with van der Waals surface area (Å²) in [6.07, 6.45) is 0. The van der Waals surface area contributed by atoms with Crippen LogP contribution in [0.25, 0.3) is 5.69 Å². The predicted octanol–water partition coefficient (Wildman–Crippen LogP) is 4.73. The fourth-order valence-corrected chi connectivity index (χ4v) is 6.08. The first-order valence-corrected chi connectivity index (χ1v) is 14.9. The van der Waals surface area contributed by atoms with E-state index in [0.29, 0.717) is 21.7 Å². The molecule has 0 saturated heterocycles. The molecule has 12 nitrogen and oxygen atoms in total. The number of hydrogen-bond acceptors (Lipinski definition) is 11. The number of benzene rings is 2. The average molecular weight is 599 g/mol. The van der Waals surface area contributed by atoms with E-state index < -0.39 is 10.8 Å². The lowest BCUT2D eigenvalue weighted by molar-refractivity contribution is -0.385. The average Bonchev–Trinajstić information content (AvgIpc) is 3.54. The van der Waals surface area contributed by atoms with Gasteiger partial charge in [0.15, 0.2) is 15.3 Å². The summed E-state index contributed by atoms with van der Waals surface area (Å²) < 4.78 is 2.59. The number of nitro groups is 1. The minimum atomic E-state index is -0.517. The number of thioether (sulfide) groups is 2. The fraction of sp³-hybridized carbons (Fsp3) is 0.280. The molecule has 0 saturated carbocycles. The van der Waals surface area contributed by atoms with Gasteiger partial charge in [-0.1, -0.05) is 60.0 Å². The molecule has 208 valence electrons. The molecule has 0 aliphatic heterocycles. The van der Waals surface area contributed by atoms with Gasteiger partial charge in [-0.05, 0) is 49.8 Å². The van der Waals surface area contributed by atoms with Gasteiger partial charge in [-0.2, -0.15) is 0 Å². The van der Waals surface area contributed by atoms with Crippen LogP contribution in [0.4, 0.5) is 10.8 Å². The molecule has 0 aliphatic rings. The smallest absolute Gasteiger partial charge is 0.273 e. The predicted molar refractivity (Wildman–Crippen MR) is 155 cm³/mol. The molecule has 2 N–H and O–H groups in total. The second kappa shape index (κ2) is 13.0. The molecule has 2 aromatic carbocycles. The van der Waals surface area contributed by atoms with Crippen molar-refractivity contribution in [1.82, 2.24) is 30.3 Å². The van der Waals surface area contributed by atoms with Crippen molar-refractivity contribution >= 4 is 57.5 Å². The number of rotatable bonds is 11. The molecule has 40 heavy (non-hydrogen) atoms. The Labute approximate surface area is 242 Å². The number of anilines is 1. The van der Waals surface area contributed by atoms with E-state index in [-0.39, 0.29) is 29.5 Å². The van der Waals surface area contributed by atoms with Gasteiger partial charge in [0, 0.05) is 17.2 Å². The zero-order valence-corrected chi connectivity index (χ0v) is 24.6. The Kier molecular flexibility index (Phi) is 9.50. The number of carbonyl (C=O) groups is 2. The van der Waals surface area contributed by atoms with Crippen molar-refractivity contribution in [1.29, 1.82) is 0 Å². The van der Waals surface area contributed by atoms with Crippen LogP contribution in [0.3, 0.4) is 0 Å². The summed E-state index contributed by atoms with van der Waals surface area (Å²) in [6.45, 7) is 7.55. The van der Waals surface area contributed by atoms with Gasteiger partial charge < -0.3 is 5.32 Å². The topological polar surface area (TPSA) is 158 Å². The highest BCUT2D eigenvalue weighted by Crippen LogP contribution is 2.27. The molecular weight excluding hydrogens is 573 g/mol.